The topological polar surface area (TPSA) is 168 Å². The molecular weight excluding hydrogens is 514 g/mol. The van der Waals surface area contributed by atoms with E-state index in [1.807, 2.05) is 18.2 Å². The van der Waals surface area contributed by atoms with Crippen molar-refractivity contribution in [2.45, 2.75) is 24.5 Å². The fraction of sp³-hybridized carbons (Fsp3) is 0.333. The van der Waals surface area contributed by atoms with Crippen molar-refractivity contribution < 1.29 is 34.2 Å². The molecule has 0 saturated heterocycles. The van der Waals surface area contributed by atoms with Crippen molar-refractivity contribution in [2.24, 2.45) is 29.4 Å². The van der Waals surface area contributed by atoms with Gasteiger partial charge in [-0.15, -0.1) is 0 Å². The summed E-state index contributed by atoms with van der Waals surface area (Å²) in [5, 5.41) is 24.1. The Morgan fingerprint density at radius 1 is 1.07 bits per heavy atom. The molecule has 0 aliphatic heterocycles. The number of hydrogen-bond acceptors (Lipinski definition) is 9. The van der Waals surface area contributed by atoms with Crippen LogP contribution in [-0.2, 0) is 25.6 Å². The number of nitrogens with two attached hydrogens (primary N) is 1. The Morgan fingerprint density at radius 3 is 2.48 bits per heavy atom. The summed E-state index contributed by atoms with van der Waals surface area (Å²) in [6.45, 7) is 0. The number of nitrogens with zero attached hydrogens (tertiary/aromatic N) is 2. The van der Waals surface area contributed by atoms with Crippen LogP contribution >= 0.6 is 0 Å². The van der Waals surface area contributed by atoms with Crippen LogP contribution in [0.15, 0.2) is 48.8 Å². The van der Waals surface area contributed by atoms with Crippen LogP contribution in [0.4, 0.5) is 0 Å². The number of hydrogen-bond donors (Lipinski definition) is 3. The van der Waals surface area contributed by atoms with Crippen molar-refractivity contribution in [2.75, 3.05) is 14.1 Å². The number of aliphatic hydroxyl groups is 1. The third-order valence-electron chi connectivity index (χ3n) is 8.86. The molecule has 1 aromatic heterocycles. The largest absolute Gasteiger partial charge is 0.507 e. The maximum Gasteiger partial charge on any atom is 0.235 e. The zero-order valence-electron chi connectivity index (χ0n) is 21.8. The van der Waals surface area contributed by atoms with E-state index in [9.17, 15) is 34.2 Å². The number of pyridine rings is 1. The molecule has 3 aliphatic carbocycles. The number of benzene rings is 2. The lowest BCUT2D eigenvalue weighted by Crippen LogP contribution is -2.74. The van der Waals surface area contributed by atoms with Gasteiger partial charge in [0.2, 0.25) is 5.91 Å². The van der Waals surface area contributed by atoms with Crippen LogP contribution < -0.4 is 5.73 Å². The molecule has 2 unspecified atom stereocenters. The molecule has 2 fully saturated rings. The van der Waals surface area contributed by atoms with Gasteiger partial charge in [0.25, 0.3) is 0 Å². The van der Waals surface area contributed by atoms with Crippen molar-refractivity contribution in [3.63, 3.8) is 0 Å². The number of ketones is 4. The molecule has 10 heteroatoms. The minimum Gasteiger partial charge on any atom is -0.507 e. The van der Waals surface area contributed by atoms with E-state index in [2.05, 4.69) is 4.98 Å². The van der Waals surface area contributed by atoms with Crippen LogP contribution in [0.1, 0.15) is 22.3 Å². The van der Waals surface area contributed by atoms with Gasteiger partial charge >= 0.3 is 0 Å². The first-order valence-electron chi connectivity index (χ1n) is 13.0. The van der Waals surface area contributed by atoms with Crippen molar-refractivity contribution in [3.8, 4) is 16.9 Å². The normalized spacial score (nSPS) is 29.8. The number of fused-ring (bicyclic) bond motifs is 4. The van der Waals surface area contributed by atoms with Gasteiger partial charge in [0.1, 0.15) is 5.75 Å². The lowest BCUT2D eigenvalue weighted by Gasteiger charge is -2.52. The lowest BCUT2D eigenvalue weighted by atomic mass is 9.52. The average molecular weight is 542 g/mol. The molecule has 204 valence electrons. The molecule has 6 rings (SSSR count). The fourth-order valence-electron chi connectivity index (χ4n) is 7.09. The molecule has 1 heterocycles. The van der Waals surface area contributed by atoms with Crippen molar-refractivity contribution >= 4 is 39.8 Å². The number of amides is 1. The second-order valence-electron chi connectivity index (χ2n) is 11.2. The number of aromatic nitrogens is 1. The quantitative estimate of drug-likeness (QED) is 0.411. The van der Waals surface area contributed by atoms with Crippen LogP contribution in [0.3, 0.4) is 0 Å². The summed E-state index contributed by atoms with van der Waals surface area (Å²) in [4.78, 5) is 72.1. The monoisotopic (exact) mass is 541 g/mol. The second-order valence-corrected chi connectivity index (χ2v) is 11.2. The number of Topliss-reactive ketones (excluding diaryl/α,β-unsaturated/α-hetero) is 4. The molecule has 6 atom stereocenters. The van der Waals surface area contributed by atoms with Gasteiger partial charge in [-0.2, -0.15) is 0 Å². The Labute approximate surface area is 228 Å². The molecular formula is C30H27N3O7. The summed E-state index contributed by atoms with van der Waals surface area (Å²) < 4.78 is 0. The van der Waals surface area contributed by atoms with Crippen molar-refractivity contribution in [1.82, 2.24) is 9.88 Å². The Balaban J connectivity index is 1.47. The van der Waals surface area contributed by atoms with Gasteiger partial charge in [0.15, 0.2) is 34.7 Å². The van der Waals surface area contributed by atoms with Gasteiger partial charge in [0, 0.05) is 29.3 Å². The van der Waals surface area contributed by atoms with Gasteiger partial charge in [-0.05, 0) is 61.5 Å². The van der Waals surface area contributed by atoms with Crippen LogP contribution in [0.25, 0.3) is 21.9 Å². The van der Waals surface area contributed by atoms with Gasteiger partial charge in [-0.3, -0.25) is 33.9 Å². The number of primary amides is 1. The molecule has 0 radical (unpaired) electrons. The molecule has 4 N–H and O–H groups in total. The summed E-state index contributed by atoms with van der Waals surface area (Å²) in [7, 11) is 3.11. The Hall–Kier alpha value is -4.28. The Morgan fingerprint density at radius 2 is 1.82 bits per heavy atom. The number of carbonyl (C=O) groups is 5. The van der Waals surface area contributed by atoms with E-state index in [-0.39, 0.29) is 24.2 Å². The number of rotatable bonds is 3. The first-order valence-corrected chi connectivity index (χ1v) is 13.0. The first-order chi connectivity index (χ1) is 19.0. The highest BCUT2D eigenvalue weighted by Crippen LogP contribution is 2.51. The fourth-order valence-corrected chi connectivity index (χ4v) is 7.09. The van der Waals surface area contributed by atoms with E-state index in [4.69, 9.17) is 5.73 Å². The lowest BCUT2D eigenvalue weighted by molar-refractivity contribution is -0.181. The van der Waals surface area contributed by atoms with E-state index in [0.29, 0.717) is 16.3 Å². The third kappa shape index (κ3) is 3.42. The highest BCUT2D eigenvalue weighted by molar-refractivity contribution is 6.32. The van der Waals surface area contributed by atoms with Crippen LogP contribution in [0.2, 0.25) is 0 Å². The van der Waals surface area contributed by atoms with E-state index in [1.54, 1.807) is 44.7 Å². The molecule has 3 aromatic rings. The summed E-state index contributed by atoms with van der Waals surface area (Å²) in [6.07, 6.45) is 3.56. The maximum absolute atomic E-state index is 13.9. The zero-order chi connectivity index (χ0) is 28.7. The summed E-state index contributed by atoms with van der Waals surface area (Å²) in [6, 6.07) is 9.79. The Bertz CT molecular complexity index is 1650. The van der Waals surface area contributed by atoms with Crippen LogP contribution in [0, 0.1) is 23.7 Å². The number of carbonyl (C=O) groups excluding carboxylic acids is 5. The minimum atomic E-state index is -2.74. The minimum absolute atomic E-state index is 0.0165. The number of phenolic OH excluding ortho intramolecular Hbond substituents is 1. The SMILES string of the molecule is CN(C)[C@@H]1C(=O)C(C(N)=O)C(=O)[C@@]2(O)C(=O)C3C(=O)c4c(cc5ccc(-c6cccnc6)cc5c4O)C[C@H]3C[C@@H]12. The van der Waals surface area contributed by atoms with Gasteiger partial charge in [0.05, 0.1) is 17.5 Å². The maximum atomic E-state index is 13.9. The first kappa shape index (κ1) is 26.0. The van der Waals surface area contributed by atoms with Gasteiger partial charge < -0.3 is 15.9 Å². The van der Waals surface area contributed by atoms with Crippen LogP contribution in [-0.4, -0.2) is 74.9 Å². The molecule has 0 bridgehead atoms. The summed E-state index contributed by atoms with van der Waals surface area (Å²) in [5.74, 6) is -10.5. The average Bonchev–Trinajstić information content (AvgIpc) is 2.90. The zero-order valence-corrected chi connectivity index (χ0v) is 21.8. The van der Waals surface area contributed by atoms with E-state index in [0.717, 1.165) is 11.1 Å². The molecule has 3 aliphatic rings. The Kier molecular flexibility index (Phi) is 5.76. The van der Waals surface area contributed by atoms with Crippen molar-refractivity contribution in [3.05, 3.63) is 59.9 Å². The molecule has 0 spiro atoms. The smallest absolute Gasteiger partial charge is 0.235 e. The highest BCUT2D eigenvalue weighted by Gasteiger charge is 2.69. The summed E-state index contributed by atoms with van der Waals surface area (Å²) in [5.41, 5.74) is 4.73. The molecule has 2 saturated carbocycles. The predicted octanol–water partition coefficient (Wildman–Crippen LogP) is 1.08. The predicted molar refractivity (Wildman–Crippen MR) is 142 cm³/mol. The third-order valence-corrected chi connectivity index (χ3v) is 8.86. The van der Waals surface area contributed by atoms with Crippen molar-refractivity contribution in [1.29, 1.82) is 0 Å². The van der Waals surface area contributed by atoms with Gasteiger partial charge in [-0.25, -0.2) is 0 Å². The molecule has 2 aromatic carbocycles. The molecule has 1 amide bonds. The standard InChI is InChI=1S/C30H27N3O7/c1-33(2)23-19-11-17-9-16-8-14-6-5-13(15-4-3-7-32-12-15)10-18(14)24(34)20(16)25(35)21(17)27(37)30(19,40)28(38)22(26(23)36)29(31)39/h3-8,10,12,17,19,21-23,34,40H,9,11H2,1-2H3,(H2,31,39)/t17-,19-,21?,22?,23-,30-/m0/s1. The highest BCUT2D eigenvalue weighted by atomic mass is 16.3. The number of phenols is 1. The molecule has 40 heavy (non-hydrogen) atoms. The molecule has 10 nitrogen and oxygen atoms in total. The number of aromatic hydroxyl groups is 1. The van der Waals surface area contributed by atoms with Crippen LogP contribution in [0.5, 0.6) is 5.75 Å². The number of likely N-dealkylation sites (N-methyl/N-ethyl adjacent to an activating group) is 1. The van der Waals surface area contributed by atoms with E-state index >= 15 is 0 Å². The van der Waals surface area contributed by atoms with E-state index < -0.39 is 64.4 Å². The van der Waals surface area contributed by atoms with Gasteiger partial charge in [-0.1, -0.05) is 24.3 Å². The second kappa shape index (κ2) is 8.87. The van der Waals surface area contributed by atoms with E-state index in [1.165, 1.54) is 4.90 Å². The summed E-state index contributed by atoms with van der Waals surface area (Å²) >= 11 is 0.